The summed E-state index contributed by atoms with van der Waals surface area (Å²) in [4.78, 5) is 0. The van der Waals surface area contributed by atoms with Gasteiger partial charge < -0.3 is 15.4 Å². The predicted octanol–water partition coefficient (Wildman–Crippen LogP) is 1.05. The lowest BCUT2D eigenvalue weighted by Crippen LogP contribution is -2.01. The molecule has 1 rings (SSSR count). The molecule has 0 aliphatic carbocycles. The zero-order valence-electron chi connectivity index (χ0n) is 5.82. The lowest BCUT2D eigenvalue weighted by molar-refractivity contribution is 0.542. The van der Waals surface area contributed by atoms with Crippen molar-refractivity contribution in [1.29, 1.82) is 0 Å². The lowest BCUT2D eigenvalue weighted by Gasteiger charge is -2.06. The van der Waals surface area contributed by atoms with Crippen molar-refractivity contribution in [3.8, 4) is 0 Å². The zero-order valence-corrected chi connectivity index (χ0v) is 6.64. The number of nitrogens with one attached hydrogen (secondary N) is 1. The van der Waals surface area contributed by atoms with Crippen LogP contribution >= 0.6 is 0 Å². The molecule has 0 heterocycles. The van der Waals surface area contributed by atoms with Gasteiger partial charge in [0, 0.05) is 17.0 Å². The summed E-state index contributed by atoms with van der Waals surface area (Å²) in [5.41, 5.74) is 0.579. The van der Waals surface area contributed by atoms with E-state index in [1.807, 2.05) is 6.07 Å². The molecule has 0 spiro atoms. The van der Waals surface area contributed by atoms with Crippen LogP contribution in [0, 0.1) is 0 Å². The van der Waals surface area contributed by atoms with E-state index in [2.05, 4.69) is 4.72 Å². The first kappa shape index (κ1) is 10.1. The third kappa shape index (κ3) is 3.72. The summed E-state index contributed by atoms with van der Waals surface area (Å²) in [6.45, 7) is 0. The minimum atomic E-state index is -2.22. The molecule has 0 saturated carbocycles. The lowest BCUT2D eigenvalue weighted by atomic mass is 10.3. The summed E-state index contributed by atoms with van der Waals surface area (Å²) in [6.07, 6.45) is 0. The maximum Gasteiger partial charge on any atom is 0.0452 e. The Morgan fingerprint density at radius 2 is 1.82 bits per heavy atom. The second-order valence-electron chi connectivity index (χ2n) is 1.70. The third-order valence-electron chi connectivity index (χ3n) is 0.975. The van der Waals surface area contributed by atoms with Crippen LogP contribution < -0.4 is 10.9 Å². The molecular formula is C6H9N2O2S-. The second-order valence-corrected chi connectivity index (χ2v) is 2.38. The Bertz CT molecular complexity index is 227. The van der Waals surface area contributed by atoms with Crippen LogP contribution in [-0.2, 0) is 11.3 Å². The van der Waals surface area contributed by atoms with Crippen LogP contribution in [0.4, 0.5) is 5.69 Å². The van der Waals surface area contributed by atoms with E-state index in [0.29, 0.717) is 5.69 Å². The maximum absolute atomic E-state index is 10.1. The van der Waals surface area contributed by atoms with Crippen molar-refractivity contribution in [3.63, 3.8) is 0 Å². The van der Waals surface area contributed by atoms with Crippen molar-refractivity contribution in [2.75, 3.05) is 4.72 Å². The van der Waals surface area contributed by atoms with Crippen molar-refractivity contribution in [2.45, 2.75) is 0 Å². The highest BCUT2D eigenvalue weighted by Crippen LogP contribution is 2.04. The minimum absolute atomic E-state index is 0. The van der Waals surface area contributed by atoms with Crippen LogP contribution in [0.15, 0.2) is 30.3 Å². The first-order valence-corrected chi connectivity index (χ1v) is 3.77. The van der Waals surface area contributed by atoms with Crippen LogP contribution in [0.5, 0.6) is 0 Å². The first-order chi connectivity index (χ1) is 4.79. The van der Waals surface area contributed by atoms with E-state index < -0.39 is 11.3 Å². The molecular weight excluding hydrogens is 164 g/mol. The SMILES string of the molecule is N.O=S([O-])Nc1ccccc1. The van der Waals surface area contributed by atoms with Crippen molar-refractivity contribution in [3.05, 3.63) is 30.3 Å². The van der Waals surface area contributed by atoms with Gasteiger partial charge in [-0.15, -0.1) is 0 Å². The van der Waals surface area contributed by atoms with Gasteiger partial charge in [0.15, 0.2) is 0 Å². The van der Waals surface area contributed by atoms with E-state index in [1.54, 1.807) is 24.3 Å². The Labute approximate surface area is 67.6 Å². The van der Waals surface area contributed by atoms with Crippen LogP contribution in [0.25, 0.3) is 0 Å². The fourth-order valence-corrected chi connectivity index (χ4v) is 0.931. The maximum atomic E-state index is 10.1. The van der Waals surface area contributed by atoms with Crippen LogP contribution in [0.1, 0.15) is 0 Å². The van der Waals surface area contributed by atoms with Gasteiger partial charge in [0.05, 0.1) is 0 Å². The molecule has 0 aliphatic heterocycles. The highest BCUT2D eigenvalue weighted by molar-refractivity contribution is 7.80. The van der Waals surface area contributed by atoms with Gasteiger partial charge in [0.2, 0.25) is 0 Å². The van der Waals surface area contributed by atoms with E-state index in [1.165, 1.54) is 0 Å². The van der Waals surface area contributed by atoms with Gasteiger partial charge in [-0.1, -0.05) is 18.2 Å². The number of hydrogen-bond donors (Lipinski definition) is 2. The molecule has 0 aliphatic rings. The van der Waals surface area contributed by atoms with Crippen LogP contribution in [0.3, 0.4) is 0 Å². The average Bonchev–Trinajstić information content (AvgIpc) is 1.88. The van der Waals surface area contributed by atoms with Gasteiger partial charge in [-0.2, -0.15) is 0 Å². The smallest absolute Gasteiger partial charge is 0.0452 e. The van der Waals surface area contributed by atoms with E-state index >= 15 is 0 Å². The Kier molecular flexibility index (Phi) is 4.44. The standard InChI is InChI=1S/C6H7NO2S.H3N/c8-10(9)7-6-4-2-1-3-5-6;/h1-5,7H,(H,8,9);1H3/p-1. The largest absolute Gasteiger partial charge is 0.755 e. The molecule has 11 heavy (non-hydrogen) atoms. The first-order valence-electron chi connectivity index (χ1n) is 2.70. The topological polar surface area (TPSA) is 87.2 Å². The van der Waals surface area contributed by atoms with E-state index in [4.69, 9.17) is 0 Å². The van der Waals surface area contributed by atoms with E-state index in [0.717, 1.165) is 0 Å². The highest BCUT2D eigenvalue weighted by atomic mass is 32.2. The molecule has 0 aromatic heterocycles. The third-order valence-corrected chi connectivity index (χ3v) is 1.38. The Hall–Kier alpha value is -0.910. The fraction of sp³-hybridized carbons (Fsp3) is 0. The zero-order chi connectivity index (χ0) is 7.40. The molecule has 4 N–H and O–H groups in total. The molecule has 4 nitrogen and oxygen atoms in total. The molecule has 1 aromatic carbocycles. The quantitative estimate of drug-likeness (QED) is 0.655. The Morgan fingerprint density at radius 1 is 1.27 bits per heavy atom. The summed E-state index contributed by atoms with van der Waals surface area (Å²) in [7, 11) is 0. The average molecular weight is 173 g/mol. The van der Waals surface area contributed by atoms with Crippen molar-refractivity contribution < 1.29 is 8.76 Å². The fourth-order valence-electron chi connectivity index (χ4n) is 0.602. The van der Waals surface area contributed by atoms with E-state index in [9.17, 15) is 8.76 Å². The van der Waals surface area contributed by atoms with Crippen molar-refractivity contribution in [1.82, 2.24) is 6.15 Å². The number of rotatable bonds is 2. The number of anilines is 1. The number of para-hydroxylation sites is 1. The summed E-state index contributed by atoms with van der Waals surface area (Å²) in [6, 6.07) is 8.69. The molecule has 0 fully saturated rings. The normalized spacial score (nSPS) is 11.4. The van der Waals surface area contributed by atoms with Gasteiger partial charge >= 0.3 is 0 Å². The summed E-state index contributed by atoms with van der Waals surface area (Å²) >= 11 is -2.22. The van der Waals surface area contributed by atoms with Gasteiger partial charge in [0.1, 0.15) is 0 Å². The summed E-state index contributed by atoms with van der Waals surface area (Å²) < 4.78 is 22.3. The molecule has 0 radical (unpaired) electrons. The highest BCUT2D eigenvalue weighted by Gasteiger charge is 1.84. The minimum Gasteiger partial charge on any atom is -0.755 e. The molecule has 62 valence electrons. The molecule has 1 unspecified atom stereocenters. The van der Waals surface area contributed by atoms with Crippen molar-refractivity contribution in [2.24, 2.45) is 0 Å². The monoisotopic (exact) mass is 173 g/mol. The molecule has 0 amide bonds. The van der Waals surface area contributed by atoms with Crippen LogP contribution in [0.2, 0.25) is 0 Å². The van der Waals surface area contributed by atoms with Crippen molar-refractivity contribution >= 4 is 17.0 Å². The predicted molar refractivity (Wildman–Crippen MR) is 44.0 cm³/mol. The molecule has 1 atom stereocenters. The number of benzene rings is 1. The molecule has 1 aromatic rings. The number of hydrogen-bond acceptors (Lipinski definition) is 3. The van der Waals surface area contributed by atoms with Gasteiger partial charge in [0.25, 0.3) is 0 Å². The molecule has 5 heteroatoms. The van der Waals surface area contributed by atoms with E-state index in [-0.39, 0.29) is 6.15 Å². The van der Waals surface area contributed by atoms with Gasteiger partial charge in [-0.3, -0.25) is 4.21 Å². The van der Waals surface area contributed by atoms with Gasteiger partial charge in [-0.05, 0) is 12.1 Å². The Balaban J connectivity index is 0.000001000. The van der Waals surface area contributed by atoms with Crippen LogP contribution in [-0.4, -0.2) is 8.76 Å². The Morgan fingerprint density at radius 3 is 2.27 bits per heavy atom. The van der Waals surface area contributed by atoms with Gasteiger partial charge in [-0.25, -0.2) is 0 Å². The summed E-state index contributed by atoms with van der Waals surface area (Å²) in [5, 5.41) is 0. The second kappa shape index (κ2) is 4.84. The summed E-state index contributed by atoms with van der Waals surface area (Å²) in [5.74, 6) is 0. The molecule has 0 bridgehead atoms. The molecule has 0 saturated heterocycles.